The van der Waals surface area contributed by atoms with Crippen molar-refractivity contribution < 1.29 is 4.74 Å². The first-order chi connectivity index (χ1) is 6.13. The Kier molecular flexibility index (Phi) is 3.86. The zero-order valence-corrected chi connectivity index (χ0v) is 9.66. The molecule has 1 N–H and O–H groups in total. The molecule has 1 aromatic rings. The van der Waals surface area contributed by atoms with Crippen molar-refractivity contribution >= 4 is 22.6 Å². The Labute approximate surface area is 89.9 Å². The number of halogens is 1. The van der Waals surface area contributed by atoms with Crippen molar-refractivity contribution in [1.29, 1.82) is 0 Å². The minimum Gasteiger partial charge on any atom is -0.381 e. The lowest BCUT2D eigenvalue weighted by molar-refractivity contribution is 0.117. The van der Waals surface area contributed by atoms with E-state index in [2.05, 4.69) is 9.97 Å². The summed E-state index contributed by atoms with van der Waals surface area (Å²) >= 11 is 1.95. The second kappa shape index (κ2) is 4.71. The molecule has 0 amide bonds. The van der Waals surface area contributed by atoms with Gasteiger partial charge in [-0.3, -0.25) is 4.79 Å². The molecule has 0 saturated heterocycles. The van der Waals surface area contributed by atoms with Gasteiger partial charge >= 0.3 is 0 Å². The molecule has 0 aromatic carbocycles. The van der Waals surface area contributed by atoms with Gasteiger partial charge in [0.05, 0.1) is 9.67 Å². The van der Waals surface area contributed by atoms with Gasteiger partial charge in [-0.25, -0.2) is 4.98 Å². The number of H-pyrrole nitrogens is 1. The predicted octanol–water partition coefficient (Wildman–Crippen LogP) is 0.952. The Hall–Kier alpha value is -0.430. The van der Waals surface area contributed by atoms with Crippen LogP contribution in [0.15, 0.2) is 11.0 Å². The first kappa shape index (κ1) is 10.6. The van der Waals surface area contributed by atoms with Crippen LogP contribution in [-0.2, 0) is 11.2 Å². The minimum absolute atomic E-state index is 0.0724. The number of hydrogen-bond donors (Lipinski definition) is 1. The molecule has 13 heavy (non-hydrogen) atoms. The van der Waals surface area contributed by atoms with Gasteiger partial charge in [0, 0.05) is 19.7 Å². The highest BCUT2D eigenvalue weighted by molar-refractivity contribution is 14.1. The molecule has 1 rings (SSSR count). The lowest BCUT2D eigenvalue weighted by Gasteiger charge is -2.07. The molecule has 0 fully saturated rings. The van der Waals surface area contributed by atoms with Crippen LogP contribution < -0.4 is 5.56 Å². The van der Waals surface area contributed by atoms with E-state index in [1.807, 2.05) is 29.5 Å². The number of aromatic nitrogens is 2. The van der Waals surface area contributed by atoms with Crippen LogP contribution in [0.3, 0.4) is 0 Å². The number of nitrogens with one attached hydrogen (secondary N) is 1. The molecule has 0 bridgehead atoms. The Morgan fingerprint density at radius 2 is 2.46 bits per heavy atom. The third-order valence-corrected chi connectivity index (χ3v) is 2.46. The van der Waals surface area contributed by atoms with Crippen molar-refractivity contribution in [3.05, 3.63) is 25.9 Å². The van der Waals surface area contributed by atoms with Gasteiger partial charge in [-0.15, -0.1) is 0 Å². The van der Waals surface area contributed by atoms with Gasteiger partial charge in [-0.05, 0) is 29.5 Å². The fourth-order valence-corrected chi connectivity index (χ4v) is 1.15. The molecule has 1 unspecified atom stereocenters. The van der Waals surface area contributed by atoms with Gasteiger partial charge in [0.1, 0.15) is 5.82 Å². The second-order valence-corrected chi connectivity index (χ2v) is 3.92. The van der Waals surface area contributed by atoms with E-state index in [-0.39, 0.29) is 11.7 Å². The third-order valence-electron chi connectivity index (χ3n) is 1.69. The first-order valence-corrected chi connectivity index (χ1v) is 4.98. The Morgan fingerprint density at radius 1 is 1.77 bits per heavy atom. The van der Waals surface area contributed by atoms with Crippen molar-refractivity contribution in [2.75, 3.05) is 7.11 Å². The van der Waals surface area contributed by atoms with Gasteiger partial charge < -0.3 is 9.72 Å². The normalized spacial score (nSPS) is 12.8. The summed E-state index contributed by atoms with van der Waals surface area (Å²) in [6.45, 7) is 1.93. The SMILES string of the molecule is COC(C)Cc1ncc(I)c(=O)[nH]1. The fraction of sp³-hybridized carbons (Fsp3) is 0.500. The average molecular weight is 294 g/mol. The van der Waals surface area contributed by atoms with Crippen LogP contribution in [0.4, 0.5) is 0 Å². The first-order valence-electron chi connectivity index (χ1n) is 3.90. The van der Waals surface area contributed by atoms with Crippen molar-refractivity contribution in [2.45, 2.75) is 19.4 Å². The van der Waals surface area contributed by atoms with E-state index in [1.165, 1.54) is 0 Å². The maximum absolute atomic E-state index is 11.2. The third kappa shape index (κ3) is 3.07. The van der Waals surface area contributed by atoms with Gasteiger partial charge in [-0.2, -0.15) is 0 Å². The summed E-state index contributed by atoms with van der Waals surface area (Å²) in [5.41, 5.74) is -0.0890. The van der Waals surface area contributed by atoms with E-state index < -0.39 is 0 Å². The van der Waals surface area contributed by atoms with E-state index in [0.29, 0.717) is 15.8 Å². The molecule has 1 atom stereocenters. The molecular formula is C8H11IN2O2. The predicted molar refractivity (Wildman–Crippen MR) is 57.7 cm³/mol. The Morgan fingerprint density at radius 3 is 3.00 bits per heavy atom. The quantitative estimate of drug-likeness (QED) is 0.845. The second-order valence-electron chi connectivity index (χ2n) is 2.76. The zero-order chi connectivity index (χ0) is 9.84. The van der Waals surface area contributed by atoms with Crippen molar-refractivity contribution in [3.8, 4) is 0 Å². The summed E-state index contributed by atoms with van der Waals surface area (Å²) in [5.74, 6) is 0.666. The molecule has 0 saturated carbocycles. The maximum Gasteiger partial charge on any atom is 0.264 e. The highest BCUT2D eigenvalue weighted by atomic mass is 127. The molecule has 1 heterocycles. The van der Waals surface area contributed by atoms with Crippen LogP contribution >= 0.6 is 22.6 Å². The molecule has 5 heteroatoms. The smallest absolute Gasteiger partial charge is 0.264 e. The molecule has 0 spiro atoms. The van der Waals surface area contributed by atoms with Gasteiger partial charge in [0.2, 0.25) is 0 Å². The van der Waals surface area contributed by atoms with E-state index in [9.17, 15) is 4.79 Å². The number of methoxy groups -OCH3 is 1. The fourth-order valence-electron chi connectivity index (χ4n) is 0.876. The van der Waals surface area contributed by atoms with E-state index in [0.717, 1.165) is 0 Å². The highest BCUT2D eigenvalue weighted by Crippen LogP contribution is 1.99. The van der Waals surface area contributed by atoms with Crippen LogP contribution in [0.25, 0.3) is 0 Å². The number of nitrogens with zero attached hydrogens (tertiary/aromatic N) is 1. The Bertz CT molecular complexity index is 337. The number of rotatable bonds is 3. The lowest BCUT2D eigenvalue weighted by atomic mass is 10.3. The molecule has 0 aliphatic carbocycles. The number of aromatic amines is 1. The topological polar surface area (TPSA) is 55.0 Å². The van der Waals surface area contributed by atoms with E-state index in [4.69, 9.17) is 4.74 Å². The summed E-state index contributed by atoms with van der Waals surface area (Å²) in [5, 5.41) is 0. The molecule has 72 valence electrons. The van der Waals surface area contributed by atoms with Crippen LogP contribution in [0.5, 0.6) is 0 Å². The lowest BCUT2D eigenvalue weighted by Crippen LogP contribution is -2.18. The van der Waals surface area contributed by atoms with Crippen LogP contribution in [-0.4, -0.2) is 23.2 Å². The summed E-state index contributed by atoms with van der Waals surface area (Å²) in [7, 11) is 1.63. The summed E-state index contributed by atoms with van der Waals surface area (Å²) in [6, 6.07) is 0. The van der Waals surface area contributed by atoms with E-state index >= 15 is 0 Å². The summed E-state index contributed by atoms with van der Waals surface area (Å²) in [6.07, 6.45) is 2.27. The van der Waals surface area contributed by atoms with Crippen molar-refractivity contribution in [2.24, 2.45) is 0 Å². The minimum atomic E-state index is -0.0890. The molecule has 0 aliphatic heterocycles. The largest absolute Gasteiger partial charge is 0.381 e. The van der Waals surface area contributed by atoms with Gasteiger partial charge in [-0.1, -0.05) is 0 Å². The standard InChI is InChI=1S/C8H11IN2O2/c1-5(13-2)3-7-10-4-6(9)8(12)11-7/h4-5H,3H2,1-2H3,(H,10,11,12). The summed E-state index contributed by atoms with van der Waals surface area (Å²) < 4.78 is 5.66. The highest BCUT2D eigenvalue weighted by Gasteiger charge is 2.04. The van der Waals surface area contributed by atoms with Crippen molar-refractivity contribution in [1.82, 2.24) is 9.97 Å². The Balaban J connectivity index is 2.80. The molecule has 0 aliphatic rings. The molecule has 1 aromatic heterocycles. The van der Waals surface area contributed by atoms with E-state index in [1.54, 1.807) is 13.3 Å². The molecular weight excluding hydrogens is 283 g/mol. The van der Waals surface area contributed by atoms with Crippen LogP contribution in [0.2, 0.25) is 0 Å². The summed E-state index contributed by atoms with van der Waals surface area (Å²) in [4.78, 5) is 17.9. The van der Waals surface area contributed by atoms with Crippen LogP contribution in [0.1, 0.15) is 12.7 Å². The molecule has 4 nitrogen and oxygen atoms in total. The average Bonchev–Trinajstić information content (AvgIpc) is 2.11. The number of ether oxygens (including phenoxy) is 1. The zero-order valence-electron chi connectivity index (χ0n) is 7.50. The number of hydrogen-bond acceptors (Lipinski definition) is 3. The van der Waals surface area contributed by atoms with Gasteiger partial charge in [0.15, 0.2) is 0 Å². The molecule has 0 radical (unpaired) electrons. The van der Waals surface area contributed by atoms with Crippen molar-refractivity contribution in [3.63, 3.8) is 0 Å². The van der Waals surface area contributed by atoms with Gasteiger partial charge in [0.25, 0.3) is 5.56 Å². The monoisotopic (exact) mass is 294 g/mol. The van der Waals surface area contributed by atoms with Crippen LogP contribution in [0, 0.1) is 3.57 Å². The maximum atomic E-state index is 11.2.